The van der Waals surface area contributed by atoms with Crippen LogP contribution in [-0.2, 0) is 0 Å². The minimum atomic E-state index is -1.37. The van der Waals surface area contributed by atoms with Crippen LogP contribution in [-0.4, -0.2) is 21.2 Å². The fraction of sp³-hybridized carbons (Fsp3) is 0.227. The van der Waals surface area contributed by atoms with E-state index in [0.717, 1.165) is 11.3 Å². The zero-order chi connectivity index (χ0) is 18.1. The summed E-state index contributed by atoms with van der Waals surface area (Å²) in [7, 11) is -1.37. The Morgan fingerprint density at radius 3 is 2.04 bits per heavy atom. The molecule has 0 unspecified atom stereocenters. The van der Waals surface area contributed by atoms with E-state index in [2.05, 4.69) is 66.0 Å². The maximum atomic E-state index is 8.84. The van der Waals surface area contributed by atoms with E-state index in [1.807, 2.05) is 30.3 Å². The molecule has 0 aliphatic heterocycles. The van der Waals surface area contributed by atoms with Crippen molar-refractivity contribution < 1.29 is 0 Å². The molecule has 0 bridgehead atoms. The first-order chi connectivity index (χ1) is 12.0. The van der Waals surface area contributed by atoms with Crippen molar-refractivity contribution in [3.63, 3.8) is 0 Å². The lowest BCUT2D eigenvalue weighted by molar-refractivity contribution is 0.985. The summed E-state index contributed by atoms with van der Waals surface area (Å²) < 4.78 is 0. The highest BCUT2D eigenvalue weighted by Crippen LogP contribution is 2.12. The zero-order valence-electron chi connectivity index (χ0n) is 15.0. The maximum Gasteiger partial charge on any atom is 0.129 e. The van der Waals surface area contributed by atoms with Gasteiger partial charge in [-0.05, 0) is 36.4 Å². The van der Waals surface area contributed by atoms with Crippen LogP contribution in [0.3, 0.4) is 0 Å². The molecule has 0 fully saturated rings. The summed E-state index contributed by atoms with van der Waals surface area (Å²) in [5, 5.41) is 8.84. The van der Waals surface area contributed by atoms with Crippen LogP contribution in [0, 0.1) is 34.6 Å². The molecule has 2 nitrogen and oxygen atoms in total. The monoisotopic (exact) mass is 342 g/mol. The molecular weight excluding hydrogens is 320 g/mol. The Bertz CT molecular complexity index is 848. The average Bonchev–Trinajstić information content (AvgIpc) is 2.61. The molecule has 0 aliphatic rings. The SMILES string of the molecule is C[Si](C)(C)C#CCN(CC#Cc1ccc(C#N)cc1)c1ccccc1. The van der Waals surface area contributed by atoms with E-state index < -0.39 is 8.07 Å². The topological polar surface area (TPSA) is 27.0 Å². The van der Waals surface area contributed by atoms with Gasteiger partial charge in [0.05, 0.1) is 24.7 Å². The lowest BCUT2D eigenvalue weighted by atomic mass is 10.1. The molecule has 0 saturated carbocycles. The van der Waals surface area contributed by atoms with Crippen LogP contribution in [0.5, 0.6) is 0 Å². The first-order valence-electron chi connectivity index (χ1n) is 8.27. The molecule has 3 heteroatoms. The molecule has 25 heavy (non-hydrogen) atoms. The third kappa shape index (κ3) is 6.60. The smallest absolute Gasteiger partial charge is 0.129 e. The predicted molar refractivity (Wildman–Crippen MR) is 108 cm³/mol. The second-order valence-corrected chi connectivity index (χ2v) is 11.5. The normalized spacial score (nSPS) is 9.84. The summed E-state index contributed by atoms with van der Waals surface area (Å²) >= 11 is 0. The van der Waals surface area contributed by atoms with Crippen LogP contribution in [0.1, 0.15) is 11.1 Å². The molecule has 2 rings (SSSR count). The predicted octanol–water partition coefficient (Wildman–Crippen LogP) is 4.30. The lowest BCUT2D eigenvalue weighted by Crippen LogP contribution is -2.25. The summed E-state index contributed by atoms with van der Waals surface area (Å²) in [6, 6.07) is 19.7. The molecule has 0 N–H and O–H groups in total. The minimum absolute atomic E-state index is 0.615. The molecule has 0 radical (unpaired) electrons. The minimum Gasteiger partial charge on any atom is -0.349 e. The molecule has 0 heterocycles. The Labute approximate surface area is 152 Å². The quantitative estimate of drug-likeness (QED) is 0.614. The second-order valence-electron chi connectivity index (χ2n) is 6.73. The molecule has 0 amide bonds. The van der Waals surface area contributed by atoms with E-state index in [1.54, 1.807) is 12.1 Å². The second kappa shape index (κ2) is 8.79. The van der Waals surface area contributed by atoms with Gasteiger partial charge in [0, 0.05) is 11.3 Å². The van der Waals surface area contributed by atoms with Crippen LogP contribution in [0.2, 0.25) is 19.6 Å². The first-order valence-corrected chi connectivity index (χ1v) is 11.8. The number of nitriles is 1. The van der Waals surface area contributed by atoms with Crippen LogP contribution >= 0.6 is 0 Å². The van der Waals surface area contributed by atoms with Gasteiger partial charge in [-0.25, -0.2) is 0 Å². The van der Waals surface area contributed by atoms with Crippen molar-refractivity contribution in [1.82, 2.24) is 0 Å². The van der Waals surface area contributed by atoms with E-state index in [1.165, 1.54) is 0 Å². The van der Waals surface area contributed by atoms with Gasteiger partial charge in [0.2, 0.25) is 0 Å². The van der Waals surface area contributed by atoms with Crippen molar-refractivity contribution in [3.8, 4) is 29.4 Å². The maximum absolute atomic E-state index is 8.84. The third-order valence-electron chi connectivity index (χ3n) is 3.37. The molecule has 124 valence electrons. The lowest BCUT2D eigenvalue weighted by Gasteiger charge is -2.19. The number of hydrogen-bond acceptors (Lipinski definition) is 2. The van der Waals surface area contributed by atoms with Crippen molar-refractivity contribution in [3.05, 3.63) is 65.7 Å². The van der Waals surface area contributed by atoms with Crippen LogP contribution < -0.4 is 4.90 Å². The van der Waals surface area contributed by atoms with Gasteiger partial charge in [-0.1, -0.05) is 55.6 Å². The average molecular weight is 343 g/mol. The van der Waals surface area contributed by atoms with Gasteiger partial charge in [0.1, 0.15) is 8.07 Å². The standard InChI is InChI=1S/C22H22N2Si/c1-25(2,3)18-8-17-24(22-10-5-4-6-11-22)16-7-9-20-12-14-21(19-23)15-13-20/h4-6,10-15H,16-17H2,1-3H3. The Morgan fingerprint density at radius 2 is 1.44 bits per heavy atom. The van der Waals surface area contributed by atoms with Crippen LogP contribution in [0.15, 0.2) is 54.6 Å². The highest BCUT2D eigenvalue weighted by atomic mass is 28.3. The van der Waals surface area contributed by atoms with Crippen molar-refractivity contribution in [1.29, 1.82) is 5.26 Å². The number of benzene rings is 2. The fourth-order valence-corrected chi connectivity index (χ4v) is 2.75. The van der Waals surface area contributed by atoms with Crippen molar-refractivity contribution in [2.75, 3.05) is 18.0 Å². The van der Waals surface area contributed by atoms with Gasteiger partial charge in [0.25, 0.3) is 0 Å². The molecule has 0 aliphatic carbocycles. The fourth-order valence-electron chi connectivity index (χ4n) is 2.14. The molecule has 2 aromatic rings. The zero-order valence-corrected chi connectivity index (χ0v) is 16.0. The molecule has 2 aromatic carbocycles. The summed E-state index contributed by atoms with van der Waals surface area (Å²) in [5.41, 5.74) is 6.11. The largest absolute Gasteiger partial charge is 0.349 e. The first kappa shape index (κ1) is 18.4. The van der Waals surface area contributed by atoms with E-state index in [9.17, 15) is 0 Å². The Morgan fingerprint density at radius 1 is 0.840 bits per heavy atom. The van der Waals surface area contributed by atoms with Gasteiger partial charge >= 0.3 is 0 Å². The van der Waals surface area contributed by atoms with Gasteiger partial charge in [0.15, 0.2) is 0 Å². The summed E-state index contributed by atoms with van der Waals surface area (Å²) in [6.45, 7) is 8.04. The summed E-state index contributed by atoms with van der Waals surface area (Å²) in [6.07, 6.45) is 0. The van der Waals surface area contributed by atoms with Crippen LogP contribution in [0.25, 0.3) is 0 Å². The number of anilines is 1. The van der Waals surface area contributed by atoms with Gasteiger partial charge in [-0.15, -0.1) is 5.54 Å². The van der Waals surface area contributed by atoms with E-state index >= 15 is 0 Å². The number of rotatable bonds is 3. The van der Waals surface area contributed by atoms with Gasteiger partial charge in [-0.3, -0.25) is 0 Å². The van der Waals surface area contributed by atoms with Crippen molar-refractivity contribution >= 4 is 13.8 Å². The van der Waals surface area contributed by atoms with E-state index in [-0.39, 0.29) is 0 Å². The Balaban J connectivity index is 2.12. The highest BCUT2D eigenvalue weighted by molar-refractivity contribution is 6.83. The van der Waals surface area contributed by atoms with Crippen molar-refractivity contribution in [2.45, 2.75) is 19.6 Å². The molecule has 0 spiro atoms. The summed E-state index contributed by atoms with van der Waals surface area (Å²) in [5.74, 6) is 9.71. The molecule has 0 aromatic heterocycles. The molecule has 0 saturated heterocycles. The number of hydrogen-bond donors (Lipinski definition) is 0. The third-order valence-corrected chi connectivity index (χ3v) is 4.30. The highest BCUT2D eigenvalue weighted by Gasteiger charge is 2.08. The number of nitrogens with zero attached hydrogens (tertiary/aromatic N) is 2. The van der Waals surface area contributed by atoms with Crippen LogP contribution in [0.4, 0.5) is 5.69 Å². The Kier molecular flexibility index (Phi) is 6.47. The molecule has 0 atom stereocenters. The van der Waals surface area contributed by atoms with Gasteiger partial charge in [-0.2, -0.15) is 5.26 Å². The Hall–Kier alpha value is -2.93. The van der Waals surface area contributed by atoms with Crippen molar-refractivity contribution in [2.24, 2.45) is 0 Å². The van der Waals surface area contributed by atoms with E-state index in [4.69, 9.17) is 5.26 Å². The van der Waals surface area contributed by atoms with Gasteiger partial charge < -0.3 is 4.90 Å². The van der Waals surface area contributed by atoms with E-state index in [0.29, 0.717) is 18.7 Å². The molecular formula is C22H22N2Si. The summed E-state index contributed by atoms with van der Waals surface area (Å²) in [4.78, 5) is 2.18. The number of para-hydroxylation sites is 1.